The van der Waals surface area contributed by atoms with Gasteiger partial charge in [-0.2, -0.15) is 0 Å². The summed E-state index contributed by atoms with van der Waals surface area (Å²) in [5.41, 5.74) is 2.32. The average Bonchev–Trinajstić information content (AvgIpc) is 2.95. The molecule has 6 heteroatoms. The van der Waals surface area contributed by atoms with Crippen molar-refractivity contribution in [2.75, 3.05) is 0 Å². The predicted molar refractivity (Wildman–Crippen MR) is 91.8 cm³/mol. The van der Waals surface area contributed by atoms with E-state index >= 15 is 0 Å². The molecule has 0 aliphatic carbocycles. The molecule has 1 N–H and O–H groups in total. The fourth-order valence-corrected chi connectivity index (χ4v) is 2.31. The standard InChI is InChI=1S/C18H15ClN2O3/c1-12-17(11-23-16-4-2-3-13(9-16)10-20-22)21-18(24-12)14-5-7-15(19)8-6-14/h2-10,22H,11H2,1H3. The summed E-state index contributed by atoms with van der Waals surface area (Å²) in [5, 5.41) is 12.2. The highest BCUT2D eigenvalue weighted by molar-refractivity contribution is 6.30. The molecule has 3 rings (SSSR count). The zero-order chi connectivity index (χ0) is 16.9. The predicted octanol–water partition coefficient (Wildman–Crippen LogP) is 4.69. The number of oxazole rings is 1. The lowest BCUT2D eigenvalue weighted by molar-refractivity contribution is 0.299. The Morgan fingerprint density at radius 1 is 1.25 bits per heavy atom. The molecule has 3 aromatic rings. The summed E-state index contributed by atoms with van der Waals surface area (Å²) in [5.74, 6) is 1.89. The van der Waals surface area contributed by atoms with Crippen molar-refractivity contribution < 1.29 is 14.4 Å². The number of benzene rings is 2. The summed E-state index contributed by atoms with van der Waals surface area (Å²) in [7, 11) is 0. The van der Waals surface area contributed by atoms with E-state index in [1.807, 2.05) is 37.3 Å². The maximum Gasteiger partial charge on any atom is 0.226 e. The fourth-order valence-electron chi connectivity index (χ4n) is 2.18. The lowest BCUT2D eigenvalue weighted by Gasteiger charge is -2.04. The van der Waals surface area contributed by atoms with Gasteiger partial charge in [-0.05, 0) is 48.9 Å². The van der Waals surface area contributed by atoms with Gasteiger partial charge in [0.25, 0.3) is 0 Å². The SMILES string of the molecule is Cc1oc(-c2ccc(Cl)cc2)nc1COc1cccc(C=NO)c1. The van der Waals surface area contributed by atoms with Crippen molar-refractivity contribution in [3.63, 3.8) is 0 Å². The molecule has 0 radical (unpaired) electrons. The first-order valence-corrected chi connectivity index (χ1v) is 7.66. The third-order valence-corrected chi connectivity index (χ3v) is 3.68. The summed E-state index contributed by atoms with van der Waals surface area (Å²) < 4.78 is 11.4. The Morgan fingerprint density at radius 2 is 2.04 bits per heavy atom. The van der Waals surface area contributed by atoms with Gasteiger partial charge < -0.3 is 14.4 Å². The Hall–Kier alpha value is -2.79. The minimum Gasteiger partial charge on any atom is -0.487 e. The highest BCUT2D eigenvalue weighted by Gasteiger charge is 2.12. The van der Waals surface area contributed by atoms with Gasteiger partial charge in [0.05, 0.1) is 6.21 Å². The molecule has 1 heterocycles. The smallest absolute Gasteiger partial charge is 0.226 e. The first-order valence-electron chi connectivity index (χ1n) is 7.28. The zero-order valence-electron chi connectivity index (χ0n) is 12.9. The number of aryl methyl sites for hydroxylation is 1. The van der Waals surface area contributed by atoms with Crippen LogP contribution in [0, 0.1) is 6.92 Å². The number of aromatic nitrogens is 1. The largest absolute Gasteiger partial charge is 0.487 e. The maximum absolute atomic E-state index is 8.58. The van der Waals surface area contributed by atoms with E-state index in [1.165, 1.54) is 6.21 Å². The van der Waals surface area contributed by atoms with Crippen molar-refractivity contribution in [1.29, 1.82) is 0 Å². The van der Waals surface area contributed by atoms with Gasteiger partial charge in [0.1, 0.15) is 23.8 Å². The lowest BCUT2D eigenvalue weighted by Crippen LogP contribution is -1.98. The summed E-state index contributed by atoms with van der Waals surface area (Å²) in [6.45, 7) is 2.13. The quantitative estimate of drug-likeness (QED) is 0.415. The van der Waals surface area contributed by atoms with E-state index in [4.69, 9.17) is 26.0 Å². The molecule has 0 saturated carbocycles. The Bertz CT molecular complexity index is 857. The van der Waals surface area contributed by atoms with Crippen molar-refractivity contribution in [2.45, 2.75) is 13.5 Å². The number of ether oxygens (including phenoxy) is 1. The van der Waals surface area contributed by atoms with Crippen LogP contribution in [0.4, 0.5) is 0 Å². The molecule has 2 aromatic carbocycles. The van der Waals surface area contributed by atoms with Crippen LogP contribution in [0.25, 0.3) is 11.5 Å². The van der Waals surface area contributed by atoms with Gasteiger partial charge in [-0.1, -0.05) is 28.9 Å². The Morgan fingerprint density at radius 3 is 2.79 bits per heavy atom. The van der Waals surface area contributed by atoms with Crippen molar-refractivity contribution in [2.24, 2.45) is 5.16 Å². The van der Waals surface area contributed by atoms with Gasteiger partial charge in [0.2, 0.25) is 5.89 Å². The number of hydrogen-bond acceptors (Lipinski definition) is 5. The summed E-state index contributed by atoms with van der Waals surface area (Å²) in [6.07, 6.45) is 1.34. The second-order valence-corrected chi connectivity index (χ2v) is 5.57. The summed E-state index contributed by atoms with van der Waals surface area (Å²) in [4.78, 5) is 4.48. The van der Waals surface area contributed by atoms with Crippen LogP contribution < -0.4 is 4.74 Å². The average molecular weight is 343 g/mol. The van der Waals surface area contributed by atoms with Gasteiger partial charge >= 0.3 is 0 Å². The van der Waals surface area contributed by atoms with E-state index < -0.39 is 0 Å². The normalized spacial score (nSPS) is 11.1. The number of halogens is 1. The third-order valence-electron chi connectivity index (χ3n) is 3.42. The van der Waals surface area contributed by atoms with Crippen molar-refractivity contribution in [3.05, 3.63) is 70.6 Å². The molecule has 0 atom stereocenters. The van der Waals surface area contributed by atoms with Crippen LogP contribution in [0.1, 0.15) is 17.0 Å². The maximum atomic E-state index is 8.58. The molecule has 24 heavy (non-hydrogen) atoms. The van der Waals surface area contributed by atoms with E-state index in [9.17, 15) is 0 Å². The monoisotopic (exact) mass is 342 g/mol. The molecule has 0 unspecified atom stereocenters. The van der Waals surface area contributed by atoms with E-state index in [0.29, 0.717) is 22.4 Å². The second-order valence-electron chi connectivity index (χ2n) is 5.13. The van der Waals surface area contributed by atoms with Crippen LogP contribution >= 0.6 is 11.6 Å². The number of oxime groups is 1. The van der Waals surface area contributed by atoms with Crippen LogP contribution in [0.15, 0.2) is 58.1 Å². The molecular formula is C18H15ClN2O3. The highest BCUT2D eigenvalue weighted by atomic mass is 35.5. The van der Waals surface area contributed by atoms with Gasteiger partial charge in [-0.25, -0.2) is 4.98 Å². The highest BCUT2D eigenvalue weighted by Crippen LogP contribution is 2.24. The Kier molecular flexibility index (Phi) is 4.82. The van der Waals surface area contributed by atoms with E-state index in [2.05, 4.69) is 10.1 Å². The molecule has 0 aliphatic heterocycles. The van der Waals surface area contributed by atoms with Gasteiger partial charge in [-0.3, -0.25) is 0 Å². The first kappa shape index (κ1) is 16.1. The van der Waals surface area contributed by atoms with Crippen LogP contribution in [-0.2, 0) is 6.61 Å². The van der Waals surface area contributed by atoms with Gasteiger partial charge in [-0.15, -0.1) is 0 Å². The molecule has 0 saturated heterocycles. The number of rotatable bonds is 5. The van der Waals surface area contributed by atoms with Crippen LogP contribution in [-0.4, -0.2) is 16.4 Å². The molecule has 5 nitrogen and oxygen atoms in total. The first-order chi connectivity index (χ1) is 11.7. The number of hydrogen-bond donors (Lipinski definition) is 1. The molecule has 0 bridgehead atoms. The fraction of sp³-hybridized carbons (Fsp3) is 0.111. The summed E-state index contributed by atoms with van der Waals surface area (Å²) in [6, 6.07) is 14.5. The van der Waals surface area contributed by atoms with E-state index in [0.717, 1.165) is 16.8 Å². The topological polar surface area (TPSA) is 67.9 Å². The second kappa shape index (κ2) is 7.19. The molecule has 1 aromatic heterocycles. The summed E-state index contributed by atoms with van der Waals surface area (Å²) >= 11 is 5.89. The van der Waals surface area contributed by atoms with Crippen molar-refractivity contribution >= 4 is 17.8 Å². The molecule has 0 spiro atoms. The van der Waals surface area contributed by atoms with Crippen molar-refractivity contribution in [1.82, 2.24) is 4.98 Å². The Labute approximate surface area is 144 Å². The molecule has 0 aliphatic rings. The molecule has 122 valence electrons. The Balaban J connectivity index is 1.74. The number of nitrogens with zero attached hydrogens (tertiary/aromatic N) is 2. The van der Waals surface area contributed by atoms with E-state index in [1.54, 1.807) is 18.2 Å². The van der Waals surface area contributed by atoms with E-state index in [-0.39, 0.29) is 6.61 Å². The third kappa shape index (κ3) is 3.75. The zero-order valence-corrected chi connectivity index (χ0v) is 13.7. The molecule has 0 amide bonds. The van der Waals surface area contributed by atoms with Crippen LogP contribution in [0.3, 0.4) is 0 Å². The van der Waals surface area contributed by atoms with Gasteiger partial charge in [0, 0.05) is 10.6 Å². The van der Waals surface area contributed by atoms with Crippen LogP contribution in [0.5, 0.6) is 5.75 Å². The minimum atomic E-state index is 0.280. The minimum absolute atomic E-state index is 0.280. The lowest BCUT2D eigenvalue weighted by atomic mass is 10.2. The van der Waals surface area contributed by atoms with Gasteiger partial charge in [0.15, 0.2) is 0 Å². The molecular weight excluding hydrogens is 328 g/mol. The van der Waals surface area contributed by atoms with Crippen molar-refractivity contribution in [3.8, 4) is 17.2 Å². The van der Waals surface area contributed by atoms with Crippen LogP contribution in [0.2, 0.25) is 5.02 Å². The molecule has 0 fully saturated rings.